The molecule has 1 atom stereocenters. The summed E-state index contributed by atoms with van der Waals surface area (Å²) in [6.07, 6.45) is 1.23. The van der Waals surface area contributed by atoms with Gasteiger partial charge < -0.3 is 24.7 Å². The number of esters is 2. The minimum Gasteiger partial charge on any atom is -0.497 e. The lowest BCUT2D eigenvalue weighted by Gasteiger charge is -2.27. The molecule has 39 heavy (non-hydrogen) atoms. The highest BCUT2D eigenvalue weighted by Gasteiger charge is 2.40. The summed E-state index contributed by atoms with van der Waals surface area (Å²) in [6.45, 7) is 5.19. The van der Waals surface area contributed by atoms with Crippen molar-refractivity contribution in [2.75, 3.05) is 20.8 Å². The maximum atomic E-state index is 13.7. The summed E-state index contributed by atoms with van der Waals surface area (Å²) in [4.78, 5) is 40.7. The van der Waals surface area contributed by atoms with Gasteiger partial charge in [-0.05, 0) is 62.2 Å². The van der Waals surface area contributed by atoms with Crippen molar-refractivity contribution >= 4 is 40.7 Å². The lowest BCUT2D eigenvalue weighted by molar-refractivity contribution is -0.140. The van der Waals surface area contributed by atoms with Crippen LogP contribution in [0.15, 0.2) is 58.9 Å². The molecule has 0 fully saturated rings. The molecule has 0 amide bonds. The van der Waals surface area contributed by atoms with Crippen LogP contribution in [-0.2, 0) is 19.1 Å². The zero-order chi connectivity index (χ0) is 28.3. The number of hydrogen-bond donors (Lipinski definition) is 1. The minimum atomic E-state index is -0.965. The Bertz CT molecular complexity index is 1630. The van der Waals surface area contributed by atoms with Gasteiger partial charge in [-0.2, -0.15) is 0 Å². The number of carbonyl (C=O) groups is 2. The Morgan fingerprint density at radius 3 is 2.33 bits per heavy atom. The molecule has 2 heterocycles. The number of rotatable bonds is 8. The predicted octanol–water partition coefficient (Wildman–Crippen LogP) is 2.35. The van der Waals surface area contributed by atoms with E-state index < -0.39 is 29.5 Å². The molecule has 9 nitrogen and oxygen atoms in total. The van der Waals surface area contributed by atoms with Crippen LogP contribution in [0.5, 0.6) is 11.5 Å². The summed E-state index contributed by atoms with van der Waals surface area (Å²) < 4.78 is 23.4. The summed E-state index contributed by atoms with van der Waals surface area (Å²) in [5.74, 6) is -1.33. The van der Waals surface area contributed by atoms with Crippen molar-refractivity contribution < 1.29 is 28.5 Å². The number of carbonyl (C=O) groups excluding carboxylic acids is 2. The van der Waals surface area contributed by atoms with Crippen molar-refractivity contribution in [2.24, 2.45) is 5.73 Å². The number of aromatic nitrogens is 1. The average molecular weight is 551 g/mol. The minimum absolute atomic E-state index is 0.0267. The number of thiazole rings is 1. The van der Waals surface area contributed by atoms with E-state index in [1.165, 1.54) is 11.7 Å². The van der Waals surface area contributed by atoms with Crippen LogP contribution in [0, 0.1) is 0 Å². The molecular weight excluding hydrogens is 520 g/mol. The van der Waals surface area contributed by atoms with Gasteiger partial charge >= 0.3 is 11.9 Å². The number of nitrogens with two attached hydrogens (primary N) is 1. The molecule has 10 heteroatoms. The molecule has 3 aromatic rings. The fourth-order valence-corrected chi connectivity index (χ4v) is 5.53. The monoisotopic (exact) mass is 550 g/mol. The lowest BCUT2D eigenvalue weighted by atomic mass is 9.83. The van der Waals surface area contributed by atoms with Crippen molar-refractivity contribution in [1.29, 1.82) is 0 Å². The summed E-state index contributed by atoms with van der Waals surface area (Å²) in [6, 6.07) is 14.2. The Labute approximate surface area is 229 Å². The molecule has 1 aromatic heterocycles. The topological polar surface area (TPSA) is 119 Å². The second-order valence-electron chi connectivity index (χ2n) is 8.93. The fraction of sp³-hybridized carbons (Fsp3) is 0.276. The van der Waals surface area contributed by atoms with Gasteiger partial charge in [-0.3, -0.25) is 9.36 Å². The van der Waals surface area contributed by atoms with E-state index in [1.807, 2.05) is 6.07 Å². The number of fused-ring (bicyclic) bond motifs is 1. The van der Waals surface area contributed by atoms with Crippen LogP contribution in [0.2, 0.25) is 0 Å². The van der Waals surface area contributed by atoms with E-state index in [2.05, 4.69) is 0 Å². The standard InChI is InChI=1S/C29H30N2O7S/c1-6-37-28(33)23-22(18-10-8-12-20(15-18)36-5)24(29(34)38-16(2)3)27-31(25(23)30)26(32)21(39-27)14-17-9-7-11-19(13-17)35-4/h7-16,22H,6,30H2,1-5H3. The summed E-state index contributed by atoms with van der Waals surface area (Å²) in [5, 5.41) is 0. The van der Waals surface area contributed by atoms with Crippen LogP contribution in [0.25, 0.3) is 17.5 Å². The summed E-state index contributed by atoms with van der Waals surface area (Å²) >= 11 is 1.09. The van der Waals surface area contributed by atoms with Crippen molar-refractivity contribution in [3.05, 3.63) is 84.8 Å². The molecule has 0 spiro atoms. The molecule has 0 saturated heterocycles. The van der Waals surface area contributed by atoms with Gasteiger partial charge in [-0.15, -0.1) is 11.3 Å². The second kappa shape index (κ2) is 11.6. The number of hydrogen-bond acceptors (Lipinski definition) is 9. The highest BCUT2D eigenvalue weighted by molar-refractivity contribution is 7.07. The van der Waals surface area contributed by atoms with Gasteiger partial charge in [-0.1, -0.05) is 24.3 Å². The van der Waals surface area contributed by atoms with Crippen LogP contribution in [-0.4, -0.2) is 43.4 Å². The molecular formula is C29H30N2O7S. The number of ether oxygens (including phenoxy) is 4. The van der Waals surface area contributed by atoms with Crippen LogP contribution >= 0.6 is 11.3 Å². The largest absolute Gasteiger partial charge is 0.497 e. The van der Waals surface area contributed by atoms with E-state index in [1.54, 1.807) is 76.4 Å². The third-order valence-corrected chi connectivity index (χ3v) is 7.13. The number of benzene rings is 2. The third-order valence-electron chi connectivity index (χ3n) is 6.02. The summed E-state index contributed by atoms with van der Waals surface area (Å²) in [5.41, 5.74) is 7.44. The van der Waals surface area contributed by atoms with Gasteiger partial charge in [-0.25, -0.2) is 9.59 Å². The Morgan fingerprint density at radius 1 is 1.03 bits per heavy atom. The first-order valence-electron chi connectivity index (χ1n) is 12.3. The molecule has 4 rings (SSSR count). The van der Waals surface area contributed by atoms with Gasteiger partial charge in [0.05, 0.1) is 48.5 Å². The first kappa shape index (κ1) is 27.7. The molecule has 204 valence electrons. The Balaban J connectivity index is 2.11. The van der Waals surface area contributed by atoms with E-state index >= 15 is 0 Å². The van der Waals surface area contributed by atoms with Crippen molar-refractivity contribution in [2.45, 2.75) is 32.8 Å². The van der Waals surface area contributed by atoms with E-state index in [9.17, 15) is 14.4 Å². The highest BCUT2D eigenvalue weighted by atomic mass is 32.1. The van der Waals surface area contributed by atoms with E-state index in [0.29, 0.717) is 21.6 Å². The molecule has 1 aliphatic rings. The van der Waals surface area contributed by atoms with Gasteiger partial charge in [0.1, 0.15) is 22.0 Å². The molecule has 0 saturated carbocycles. The Morgan fingerprint density at radius 2 is 1.69 bits per heavy atom. The van der Waals surface area contributed by atoms with Crippen LogP contribution in [0.1, 0.15) is 37.8 Å². The molecule has 0 bridgehead atoms. The predicted molar refractivity (Wildman–Crippen MR) is 149 cm³/mol. The maximum absolute atomic E-state index is 13.7. The molecule has 0 aliphatic carbocycles. The zero-order valence-electron chi connectivity index (χ0n) is 22.3. The molecule has 0 radical (unpaired) electrons. The number of methoxy groups -OCH3 is 2. The van der Waals surface area contributed by atoms with E-state index in [4.69, 9.17) is 24.7 Å². The number of nitrogens with zero attached hydrogens (tertiary/aromatic N) is 1. The van der Waals surface area contributed by atoms with Crippen molar-refractivity contribution in [1.82, 2.24) is 4.57 Å². The maximum Gasteiger partial charge on any atom is 0.338 e. The smallest absolute Gasteiger partial charge is 0.338 e. The van der Waals surface area contributed by atoms with Gasteiger partial charge in [0.2, 0.25) is 0 Å². The van der Waals surface area contributed by atoms with Crippen molar-refractivity contribution in [3.8, 4) is 11.5 Å². The Hall–Kier alpha value is -4.31. The lowest BCUT2D eigenvalue weighted by Crippen LogP contribution is -2.42. The van der Waals surface area contributed by atoms with E-state index in [-0.39, 0.29) is 28.2 Å². The summed E-state index contributed by atoms with van der Waals surface area (Å²) in [7, 11) is 3.08. The SMILES string of the molecule is CCOC(=O)C1=C(N)n2c(sc(=Cc3cccc(OC)c3)c2=O)=C(C(=O)OC(C)C)C1c1cccc(OC)c1. The van der Waals surface area contributed by atoms with Gasteiger partial charge in [0.15, 0.2) is 0 Å². The normalized spacial score (nSPS) is 15.3. The van der Waals surface area contributed by atoms with Crippen LogP contribution in [0.3, 0.4) is 0 Å². The van der Waals surface area contributed by atoms with Gasteiger partial charge in [0, 0.05) is 0 Å². The molecule has 2 N–H and O–H groups in total. The molecule has 1 unspecified atom stereocenters. The second-order valence-corrected chi connectivity index (χ2v) is 9.96. The van der Waals surface area contributed by atoms with Crippen molar-refractivity contribution in [3.63, 3.8) is 0 Å². The first-order valence-corrected chi connectivity index (χ1v) is 13.2. The molecule has 1 aliphatic heterocycles. The zero-order valence-corrected chi connectivity index (χ0v) is 23.2. The third kappa shape index (κ3) is 5.46. The van der Waals surface area contributed by atoms with Crippen LogP contribution < -0.4 is 30.0 Å². The van der Waals surface area contributed by atoms with E-state index in [0.717, 1.165) is 16.9 Å². The fourth-order valence-electron chi connectivity index (χ4n) is 4.37. The van der Waals surface area contributed by atoms with Gasteiger partial charge in [0.25, 0.3) is 5.56 Å². The Kier molecular flexibility index (Phi) is 8.25. The highest BCUT2D eigenvalue weighted by Crippen LogP contribution is 2.39. The quantitative estimate of drug-likeness (QED) is 0.425. The average Bonchev–Trinajstić information content (AvgIpc) is 3.23. The van der Waals surface area contributed by atoms with Crippen LogP contribution in [0.4, 0.5) is 0 Å². The molecule has 2 aromatic carbocycles. The first-order chi connectivity index (χ1) is 18.7.